The number of rotatable bonds is 5. The zero-order valence-electron chi connectivity index (χ0n) is 8.68. The maximum atomic E-state index is 11.8. The molecule has 0 amide bonds. The number of amidine groups is 1. The van der Waals surface area contributed by atoms with Crippen molar-refractivity contribution in [1.82, 2.24) is 9.55 Å². The van der Waals surface area contributed by atoms with Gasteiger partial charge in [0.25, 0.3) is 0 Å². The molecule has 96 valence electrons. The van der Waals surface area contributed by atoms with Crippen molar-refractivity contribution in [3.05, 3.63) is 18.2 Å². The number of halogens is 3. The molecule has 0 aromatic carbocycles. The molecule has 0 saturated heterocycles. The molecule has 6 nitrogen and oxygen atoms in total. The summed E-state index contributed by atoms with van der Waals surface area (Å²) < 4.78 is 41.1. The number of nitrogens with zero attached hydrogens (tertiary/aromatic N) is 3. The molecule has 17 heavy (non-hydrogen) atoms. The average molecular weight is 252 g/mol. The molecule has 0 unspecified atom stereocenters. The molecule has 9 heteroatoms. The minimum atomic E-state index is -4.34. The highest BCUT2D eigenvalue weighted by Crippen LogP contribution is 2.14. The lowest BCUT2D eigenvalue weighted by Crippen LogP contribution is -2.22. The van der Waals surface area contributed by atoms with E-state index in [-0.39, 0.29) is 24.8 Å². The molecule has 1 aromatic heterocycles. The van der Waals surface area contributed by atoms with Gasteiger partial charge in [-0.05, 0) is 0 Å². The fourth-order valence-electron chi connectivity index (χ4n) is 1.12. The number of imidazole rings is 1. The topological polar surface area (TPSA) is 85.7 Å². The van der Waals surface area contributed by atoms with E-state index in [0.29, 0.717) is 0 Å². The normalized spacial score (nSPS) is 13.0. The summed E-state index contributed by atoms with van der Waals surface area (Å²) in [5.74, 6) is -0.0473. The number of oxime groups is 1. The van der Waals surface area contributed by atoms with Crippen molar-refractivity contribution in [1.29, 1.82) is 0 Å². The van der Waals surface area contributed by atoms with Crippen molar-refractivity contribution in [2.75, 3.05) is 13.2 Å². The third kappa shape index (κ3) is 4.31. The number of hydrogen-bond acceptors (Lipinski definition) is 4. The second-order valence-electron chi connectivity index (χ2n) is 3.10. The average Bonchev–Trinajstić information content (AvgIpc) is 2.70. The Bertz CT molecular complexity index is 388. The van der Waals surface area contributed by atoms with Gasteiger partial charge >= 0.3 is 6.18 Å². The van der Waals surface area contributed by atoms with Crippen LogP contribution in [0.15, 0.2) is 17.5 Å². The molecule has 0 aliphatic heterocycles. The van der Waals surface area contributed by atoms with Crippen LogP contribution in [0.2, 0.25) is 0 Å². The minimum absolute atomic E-state index is 0.127. The smallest absolute Gasteiger partial charge is 0.409 e. The van der Waals surface area contributed by atoms with Gasteiger partial charge in [-0.1, -0.05) is 5.16 Å². The highest BCUT2D eigenvalue weighted by Gasteiger charge is 2.27. The van der Waals surface area contributed by atoms with Crippen LogP contribution in [0.25, 0.3) is 0 Å². The van der Waals surface area contributed by atoms with Crippen LogP contribution in [0, 0.1) is 0 Å². The summed E-state index contributed by atoms with van der Waals surface area (Å²) >= 11 is 0. The lowest BCUT2D eigenvalue weighted by molar-refractivity contribution is -0.174. The van der Waals surface area contributed by atoms with Gasteiger partial charge in [0.15, 0.2) is 5.82 Å². The zero-order valence-corrected chi connectivity index (χ0v) is 8.68. The summed E-state index contributed by atoms with van der Waals surface area (Å²) in [6.07, 6.45) is -1.47. The Morgan fingerprint density at radius 1 is 1.59 bits per heavy atom. The van der Waals surface area contributed by atoms with E-state index < -0.39 is 12.8 Å². The van der Waals surface area contributed by atoms with Crippen LogP contribution < -0.4 is 5.73 Å². The predicted molar refractivity (Wildman–Crippen MR) is 51.6 cm³/mol. The van der Waals surface area contributed by atoms with E-state index >= 15 is 0 Å². The molecule has 0 radical (unpaired) electrons. The number of aromatic nitrogens is 2. The number of ether oxygens (including phenoxy) is 1. The van der Waals surface area contributed by atoms with Crippen LogP contribution >= 0.6 is 0 Å². The minimum Gasteiger partial charge on any atom is -0.409 e. The van der Waals surface area contributed by atoms with E-state index in [1.54, 1.807) is 0 Å². The van der Waals surface area contributed by atoms with Crippen LogP contribution in [0.4, 0.5) is 13.2 Å². The lowest BCUT2D eigenvalue weighted by atomic mass is 10.5. The Morgan fingerprint density at radius 3 is 2.88 bits per heavy atom. The molecule has 0 fully saturated rings. The molecule has 0 atom stereocenters. The fraction of sp³-hybridized carbons (Fsp3) is 0.500. The Balaban J connectivity index is 2.45. The van der Waals surface area contributed by atoms with Crippen molar-refractivity contribution in [2.24, 2.45) is 10.9 Å². The Hall–Kier alpha value is -1.77. The SMILES string of the molecule is NC(=NO)c1nccn1CCOCC(F)(F)F. The molecule has 0 spiro atoms. The van der Waals surface area contributed by atoms with E-state index in [9.17, 15) is 13.2 Å². The Kier molecular flexibility index (Phi) is 4.32. The van der Waals surface area contributed by atoms with Crippen molar-refractivity contribution < 1.29 is 23.1 Å². The highest BCUT2D eigenvalue weighted by molar-refractivity contribution is 5.93. The second-order valence-corrected chi connectivity index (χ2v) is 3.10. The quantitative estimate of drug-likeness (QED) is 0.263. The van der Waals surface area contributed by atoms with Crippen LogP contribution in [-0.4, -0.2) is 40.0 Å². The first kappa shape index (κ1) is 13.3. The van der Waals surface area contributed by atoms with Gasteiger partial charge in [-0.2, -0.15) is 13.2 Å². The van der Waals surface area contributed by atoms with Gasteiger partial charge in [0, 0.05) is 18.9 Å². The summed E-state index contributed by atoms with van der Waals surface area (Å²) in [4.78, 5) is 3.78. The summed E-state index contributed by atoms with van der Waals surface area (Å²) in [7, 11) is 0. The molecule has 0 aliphatic carbocycles. The van der Waals surface area contributed by atoms with Gasteiger partial charge in [0.05, 0.1) is 6.61 Å². The van der Waals surface area contributed by atoms with Crippen LogP contribution in [0.3, 0.4) is 0 Å². The third-order valence-corrected chi connectivity index (χ3v) is 1.79. The maximum Gasteiger partial charge on any atom is 0.411 e. The summed E-state index contributed by atoms with van der Waals surface area (Å²) in [5, 5.41) is 11.2. The fourth-order valence-corrected chi connectivity index (χ4v) is 1.12. The van der Waals surface area contributed by atoms with Crippen molar-refractivity contribution in [3.8, 4) is 0 Å². The predicted octanol–water partition coefficient (Wildman–Crippen LogP) is 0.556. The Morgan fingerprint density at radius 2 is 2.29 bits per heavy atom. The highest BCUT2D eigenvalue weighted by atomic mass is 19.4. The summed E-state index contributed by atoms with van der Waals surface area (Å²) in [6, 6.07) is 0. The molecular weight excluding hydrogens is 241 g/mol. The van der Waals surface area contributed by atoms with Gasteiger partial charge < -0.3 is 20.2 Å². The van der Waals surface area contributed by atoms with Crippen LogP contribution in [0.1, 0.15) is 5.82 Å². The standard InChI is InChI=1S/C8H11F3N4O2/c9-8(10,11)5-17-4-3-15-2-1-13-7(15)6(12)14-16/h1-2,16H,3-5H2,(H2,12,14). The monoisotopic (exact) mass is 252 g/mol. The van der Waals surface area contributed by atoms with E-state index in [2.05, 4.69) is 14.9 Å². The molecular formula is C8H11F3N4O2. The first-order valence-electron chi connectivity index (χ1n) is 4.57. The molecule has 0 saturated carbocycles. The van der Waals surface area contributed by atoms with Gasteiger partial charge in [0.2, 0.25) is 5.84 Å². The van der Waals surface area contributed by atoms with Gasteiger partial charge in [0.1, 0.15) is 6.61 Å². The molecule has 1 aromatic rings. The molecule has 0 bridgehead atoms. The van der Waals surface area contributed by atoms with E-state index in [1.165, 1.54) is 17.0 Å². The second kappa shape index (κ2) is 5.53. The van der Waals surface area contributed by atoms with Gasteiger partial charge in [-0.15, -0.1) is 0 Å². The van der Waals surface area contributed by atoms with E-state index in [4.69, 9.17) is 10.9 Å². The number of alkyl halides is 3. The van der Waals surface area contributed by atoms with Crippen molar-refractivity contribution >= 4 is 5.84 Å². The Labute approximate surface area is 94.5 Å². The third-order valence-electron chi connectivity index (χ3n) is 1.79. The molecule has 1 heterocycles. The van der Waals surface area contributed by atoms with E-state index in [1.807, 2.05) is 0 Å². The zero-order chi connectivity index (χ0) is 12.9. The van der Waals surface area contributed by atoms with Gasteiger partial charge in [-0.3, -0.25) is 0 Å². The van der Waals surface area contributed by atoms with Crippen molar-refractivity contribution in [3.63, 3.8) is 0 Å². The summed E-state index contributed by atoms with van der Waals surface area (Å²) in [5.41, 5.74) is 5.31. The number of hydrogen-bond donors (Lipinski definition) is 2. The van der Waals surface area contributed by atoms with E-state index in [0.717, 1.165) is 0 Å². The molecule has 3 N–H and O–H groups in total. The number of nitrogens with two attached hydrogens (primary N) is 1. The maximum absolute atomic E-state index is 11.8. The van der Waals surface area contributed by atoms with Crippen molar-refractivity contribution in [2.45, 2.75) is 12.7 Å². The largest absolute Gasteiger partial charge is 0.411 e. The van der Waals surface area contributed by atoms with Crippen LogP contribution in [0.5, 0.6) is 0 Å². The summed E-state index contributed by atoms with van der Waals surface area (Å²) in [6.45, 7) is -1.33. The first-order valence-corrected chi connectivity index (χ1v) is 4.57. The van der Waals surface area contributed by atoms with Gasteiger partial charge in [-0.25, -0.2) is 4.98 Å². The van der Waals surface area contributed by atoms with Crippen LogP contribution in [-0.2, 0) is 11.3 Å². The molecule has 0 aliphatic rings. The first-order chi connectivity index (χ1) is 7.94. The lowest BCUT2D eigenvalue weighted by Gasteiger charge is -2.09. The molecule has 1 rings (SSSR count).